The Morgan fingerprint density at radius 2 is 2.64 bits per heavy atom. The van der Waals surface area contributed by atoms with Crippen molar-refractivity contribution in [2.24, 2.45) is 4.99 Å². The van der Waals surface area contributed by atoms with E-state index >= 15 is 0 Å². The van der Waals surface area contributed by atoms with Crippen LogP contribution in [0.4, 0.5) is 0 Å². The zero-order chi connectivity index (χ0) is 9.97. The summed E-state index contributed by atoms with van der Waals surface area (Å²) in [4.78, 5) is 4.33. The Morgan fingerprint density at radius 3 is 3.21 bits per heavy atom. The maximum Gasteiger partial charge on any atom is 0.191 e. The fraction of sp³-hybridized carbons (Fsp3) is 0.444. The number of hydrogen-bond acceptors (Lipinski definition) is 4. The molecule has 0 saturated carbocycles. The van der Waals surface area contributed by atoms with Gasteiger partial charge in [-0.3, -0.25) is 4.99 Å². The van der Waals surface area contributed by atoms with E-state index in [9.17, 15) is 0 Å². The molecule has 1 aliphatic heterocycles. The summed E-state index contributed by atoms with van der Waals surface area (Å²) in [5, 5.41) is 8.61. The maximum absolute atomic E-state index is 4.33. The van der Waals surface area contributed by atoms with Crippen LogP contribution in [0, 0.1) is 0 Å². The predicted molar refractivity (Wildman–Crippen MR) is 63.8 cm³/mol. The van der Waals surface area contributed by atoms with Gasteiger partial charge in [-0.2, -0.15) is 0 Å². The average Bonchev–Trinajstić information content (AvgIpc) is 2.72. The molecular formula is C9H12BrN3S. The summed E-state index contributed by atoms with van der Waals surface area (Å²) < 4.78 is 1.19. The molecule has 14 heavy (non-hydrogen) atoms. The van der Waals surface area contributed by atoms with Gasteiger partial charge in [0.1, 0.15) is 0 Å². The molecule has 5 heteroatoms. The fourth-order valence-corrected chi connectivity index (χ4v) is 2.52. The van der Waals surface area contributed by atoms with E-state index in [2.05, 4.69) is 49.9 Å². The number of rotatable bonds is 2. The van der Waals surface area contributed by atoms with Crippen LogP contribution in [0.1, 0.15) is 12.5 Å². The summed E-state index contributed by atoms with van der Waals surface area (Å²) >= 11 is 5.21. The van der Waals surface area contributed by atoms with E-state index in [1.54, 1.807) is 11.3 Å². The normalized spacial score (nSPS) is 20.4. The van der Waals surface area contributed by atoms with Crippen LogP contribution < -0.4 is 10.6 Å². The van der Waals surface area contributed by atoms with Gasteiger partial charge in [0.25, 0.3) is 0 Å². The largest absolute Gasteiger partial charge is 0.352 e. The SMILES string of the molecule is CC1CN=C(NCc2ccsc2Br)N1. The minimum atomic E-state index is 0.461. The van der Waals surface area contributed by atoms with Crippen molar-refractivity contribution in [2.45, 2.75) is 19.5 Å². The van der Waals surface area contributed by atoms with E-state index in [4.69, 9.17) is 0 Å². The van der Waals surface area contributed by atoms with Crippen molar-refractivity contribution in [2.75, 3.05) is 6.54 Å². The molecule has 0 bridgehead atoms. The molecular weight excluding hydrogens is 262 g/mol. The second-order valence-electron chi connectivity index (χ2n) is 3.31. The number of nitrogens with one attached hydrogen (secondary N) is 2. The highest BCUT2D eigenvalue weighted by Gasteiger charge is 2.11. The Hall–Kier alpha value is -0.550. The van der Waals surface area contributed by atoms with Crippen LogP contribution in [0.5, 0.6) is 0 Å². The quantitative estimate of drug-likeness (QED) is 0.864. The molecule has 76 valence electrons. The monoisotopic (exact) mass is 273 g/mol. The number of thiophene rings is 1. The topological polar surface area (TPSA) is 36.4 Å². The molecule has 0 amide bonds. The van der Waals surface area contributed by atoms with E-state index in [0.717, 1.165) is 19.0 Å². The molecule has 1 aromatic heterocycles. The Kier molecular flexibility index (Phi) is 3.08. The van der Waals surface area contributed by atoms with Crippen molar-refractivity contribution in [3.05, 3.63) is 20.8 Å². The van der Waals surface area contributed by atoms with E-state index in [0.29, 0.717) is 6.04 Å². The van der Waals surface area contributed by atoms with Gasteiger partial charge in [0.2, 0.25) is 0 Å². The molecule has 0 spiro atoms. The lowest BCUT2D eigenvalue weighted by atomic mass is 10.3. The highest BCUT2D eigenvalue weighted by Crippen LogP contribution is 2.22. The second-order valence-corrected chi connectivity index (χ2v) is 5.54. The maximum atomic E-state index is 4.33. The Bertz CT molecular complexity index is 348. The molecule has 2 rings (SSSR count). The molecule has 3 nitrogen and oxygen atoms in total. The highest BCUT2D eigenvalue weighted by atomic mass is 79.9. The molecule has 2 N–H and O–H groups in total. The van der Waals surface area contributed by atoms with Crippen molar-refractivity contribution >= 4 is 33.2 Å². The molecule has 0 aromatic carbocycles. The van der Waals surface area contributed by atoms with Crippen molar-refractivity contribution in [3.63, 3.8) is 0 Å². The average molecular weight is 274 g/mol. The lowest BCUT2D eigenvalue weighted by Crippen LogP contribution is -2.37. The predicted octanol–water partition coefficient (Wildman–Crippen LogP) is 1.95. The van der Waals surface area contributed by atoms with E-state index in [1.165, 1.54) is 9.35 Å². The Balaban J connectivity index is 1.86. The van der Waals surface area contributed by atoms with E-state index < -0.39 is 0 Å². The molecule has 0 aliphatic carbocycles. The molecule has 0 saturated heterocycles. The molecule has 1 unspecified atom stereocenters. The lowest BCUT2D eigenvalue weighted by molar-refractivity contribution is 0.713. The van der Waals surface area contributed by atoms with Gasteiger partial charge in [-0.05, 0) is 39.9 Å². The van der Waals surface area contributed by atoms with Crippen molar-refractivity contribution in [1.82, 2.24) is 10.6 Å². The van der Waals surface area contributed by atoms with Gasteiger partial charge >= 0.3 is 0 Å². The summed E-state index contributed by atoms with van der Waals surface area (Å²) in [6.45, 7) is 3.81. The first-order chi connectivity index (χ1) is 6.75. The van der Waals surface area contributed by atoms with Gasteiger partial charge in [0, 0.05) is 12.6 Å². The fourth-order valence-electron chi connectivity index (χ4n) is 1.28. The summed E-state index contributed by atoms with van der Waals surface area (Å²) in [6.07, 6.45) is 0. The standard InChI is InChI=1S/C9H12BrN3S/c1-6-4-11-9(13-6)12-5-7-2-3-14-8(7)10/h2-3,6H,4-5H2,1H3,(H2,11,12,13). The van der Waals surface area contributed by atoms with Crippen LogP contribution in [0.15, 0.2) is 20.2 Å². The minimum absolute atomic E-state index is 0.461. The van der Waals surface area contributed by atoms with Crippen molar-refractivity contribution < 1.29 is 0 Å². The van der Waals surface area contributed by atoms with Crippen LogP contribution in [0.2, 0.25) is 0 Å². The molecule has 0 fully saturated rings. The van der Waals surface area contributed by atoms with Gasteiger partial charge in [0.05, 0.1) is 10.3 Å². The molecule has 0 radical (unpaired) electrons. The number of aliphatic imine (C=N–C) groups is 1. The summed E-state index contributed by atoms with van der Waals surface area (Å²) in [5.41, 5.74) is 1.28. The van der Waals surface area contributed by atoms with Gasteiger partial charge in [0.15, 0.2) is 5.96 Å². The zero-order valence-electron chi connectivity index (χ0n) is 7.88. The molecule has 1 aromatic rings. The van der Waals surface area contributed by atoms with Crippen LogP contribution in [0.25, 0.3) is 0 Å². The van der Waals surface area contributed by atoms with Gasteiger partial charge in [-0.1, -0.05) is 0 Å². The number of hydrogen-bond donors (Lipinski definition) is 2. The van der Waals surface area contributed by atoms with Crippen LogP contribution in [-0.4, -0.2) is 18.5 Å². The Labute approximate surface area is 95.8 Å². The summed E-state index contributed by atoms with van der Waals surface area (Å²) in [6, 6.07) is 2.57. The minimum Gasteiger partial charge on any atom is -0.352 e. The van der Waals surface area contributed by atoms with Gasteiger partial charge in [-0.15, -0.1) is 11.3 Å². The molecule has 1 atom stereocenters. The zero-order valence-corrected chi connectivity index (χ0v) is 10.3. The first kappa shape index (κ1) is 9.98. The van der Waals surface area contributed by atoms with Crippen molar-refractivity contribution in [1.29, 1.82) is 0 Å². The van der Waals surface area contributed by atoms with E-state index in [-0.39, 0.29) is 0 Å². The third-order valence-electron chi connectivity index (χ3n) is 2.05. The second kappa shape index (κ2) is 4.31. The summed E-state index contributed by atoms with van der Waals surface area (Å²) in [7, 11) is 0. The van der Waals surface area contributed by atoms with Gasteiger partial charge < -0.3 is 10.6 Å². The number of guanidine groups is 1. The smallest absolute Gasteiger partial charge is 0.191 e. The number of halogens is 1. The van der Waals surface area contributed by atoms with Crippen molar-refractivity contribution in [3.8, 4) is 0 Å². The first-order valence-corrected chi connectivity index (χ1v) is 6.19. The van der Waals surface area contributed by atoms with Crippen LogP contribution >= 0.6 is 27.3 Å². The third-order valence-corrected chi connectivity index (χ3v) is 3.86. The molecule has 2 heterocycles. The molecule has 1 aliphatic rings. The third kappa shape index (κ3) is 2.27. The summed E-state index contributed by atoms with van der Waals surface area (Å²) in [5.74, 6) is 0.913. The van der Waals surface area contributed by atoms with Gasteiger partial charge in [-0.25, -0.2) is 0 Å². The van der Waals surface area contributed by atoms with Crippen LogP contribution in [-0.2, 0) is 6.54 Å². The van der Waals surface area contributed by atoms with Crippen LogP contribution in [0.3, 0.4) is 0 Å². The first-order valence-electron chi connectivity index (χ1n) is 4.52. The van der Waals surface area contributed by atoms with E-state index in [1.807, 2.05) is 0 Å². The Morgan fingerprint density at radius 1 is 1.79 bits per heavy atom. The number of nitrogens with zero attached hydrogens (tertiary/aromatic N) is 1. The lowest BCUT2D eigenvalue weighted by Gasteiger charge is -2.07. The highest BCUT2D eigenvalue weighted by molar-refractivity contribution is 9.11.